The summed E-state index contributed by atoms with van der Waals surface area (Å²) >= 11 is 0. The van der Waals surface area contributed by atoms with Crippen LogP contribution in [-0.4, -0.2) is 61.8 Å². The maximum atomic E-state index is 12.9. The zero-order valence-corrected chi connectivity index (χ0v) is 19.8. The topological polar surface area (TPSA) is 123 Å². The average Bonchev–Trinajstić information content (AvgIpc) is 3.46. The van der Waals surface area contributed by atoms with Gasteiger partial charge in [0.1, 0.15) is 23.0 Å². The fourth-order valence-corrected chi connectivity index (χ4v) is 5.75. The van der Waals surface area contributed by atoms with E-state index in [0.717, 1.165) is 35.1 Å². The molecule has 14 heteroatoms. The number of halogens is 3. The number of hydrogen-bond acceptors (Lipinski definition) is 7. The second-order valence-electron chi connectivity index (χ2n) is 8.66. The molecule has 1 amide bonds. The van der Waals surface area contributed by atoms with Crippen molar-refractivity contribution in [2.45, 2.75) is 44.9 Å². The van der Waals surface area contributed by atoms with Crippen LogP contribution in [0.1, 0.15) is 40.3 Å². The van der Waals surface area contributed by atoms with Crippen LogP contribution in [0.15, 0.2) is 30.5 Å². The van der Waals surface area contributed by atoms with Gasteiger partial charge >= 0.3 is 6.18 Å². The van der Waals surface area contributed by atoms with Crippen molar-refractivity contribution in [3.63, 3.8) is 0 Å². The zero-order valence-electron chi connectivity index (χ0n) is 19.0. The van der Waals surface area contributed by atoms with Gasteiger partial charge in [-0.1, -0.05) is 6.07 Å². The van der Waals surface area contributed by atoms with E-state index < -0.39 is 34.3 Å². The Morgan fingerprint density at radius 2 is 1.94 bits per heavy atom. The fourth-order valence-electron chi connectivity index (χ4n) is 4.30. The summed E-state index contributed by atoms with van der Waals surface area (Å²) in [6.07, 6.45) is -2.34. The molecule has 0 radical (unpaired) electrons. The summed E-state index contributed by atoms with van der Waals surface area (Å²) < 4.78 is 65.4. The van der Waals surface area contributed by atoms with Crippen molar-refractivity contribution in [2.24, 2.45) is 0 Å². The second kappa shape index (κ2) is 9.24. The lowest BCUT2D eigenvalue weighted by molar-refractivity contribution is -0.130. The maximum Gasteiger partial charge on any atom is 0.390 e. The van der Waals surface area contributed by atoms with Crippen LogP contribution in [0.2, 0.25) is 0 Å². The van der Waals surface area contributed by atoms with Crippen molar-refractivity contribution >= 4 is 21.7 Å². The molecule has 1 N–H and O–H groups in total. The monoisotopic (exact) mass is 521 g/mol. The first-order valence-corrected chi connectivity index (χ1v) is 12.9. The molecular weight excluding hydrogens is 499 g/mol. The minimum absolute atomic E-state index is 0.0406. The van der Waals surface area contributed by atoms with E-state index in [4.69, 9.17) is 0 Å². The lowest BCUT2D eigenvalue weighted by atomic mass is 10.0. The van der Waals surface area contributed by atoms with Crippen molar-refractivity contribution in [1.82, 2.24) is 29.0 Å². The summed E-state index contributed by atoms with van der Waals surface area (Å²) in [6, 6.07) is 6.59. The highest BCUT2D eigenvalue weighted by Gasteiger charge is 2.34. The number of fused-ring (bicyclic) bond motifs is 2. The van der Waals surface area contributed by atoms with Gasteiger partial charge in [-0.05, 0) is 42.2 Å². The van der Waals surface area contributed by atoms with Gasteiger partial charge in [0.25, 0.3) is 5.91 Å². The van der Waals surface area contributed by atoms with Crippen LogP contribution in [0.3, 0.4) is 0 Å². The highest BCUT2D eigenvalue weighted by Crippen LogP contribution is 2.26. The van der Waals surface area contributed by atoms with Gasteiger partial charge in [-0.15, -0.1) is 10.2 Å². The van der Waals surface area contributed by atoms with E-state index in [2.05, 4.69) is 25.5 Å². The first-order valence-electron chi connectivity index (χ1n) is 11.3. The van der Waals surface area contributed by atoms with E-state index in [1.54, 1.807) is 18.2 Å². The number of nitrogens with one attached hydrogen (secondary N) is 1. The number of carbonyl (C=O) groups excluding carboxylic acids is 1. The molecule has 0 aliphatic carbocycles. The third-order valence-electron chi connectivity index (χ3n) is 6.16. The lowest BCUT2D eigenvalue weighted by Crippen LogP contribution is -2.38. The van der Waals surface area contributed by atoms with E-state index in [9.17, 15) is 26.4 Å². The average molecular weight is 522 g/mol. The van der Waals surface area contributed by atoms with Gasteiger partial charge in [-0.2, -0.15) is 17.5 Å². The third-order valence-corrected chi connectivity index (χ3v) is 7.98. The molecule has 36 heavy (non-hydrogen) atoms. The number of amides is 1. The van der Waals surface area contributed by atoms with E-state index in [1.165, 1.54) is 12.3 Å². The molecule has 3 aromatic heterocycles. The van der Waals surface area contributed by atoms with Gasteiger partial charge in [0.15, 0.2) is 5.82 Å². The Hall–Kier alpha value is -3.39. The van der Waals surface area contributed by atoms with Crippen molar-refractivity contribution in [2.75, 3.05) is 17.6 Å². The molecule has 0 atom stereocenters. The normalized spacial score (nSPS) is 16.0. The number of rotatable bonds is 6. The minimum atomic E-state index is -4.56. The Morgan fingerprint density at radius 1 is 1.11 bits per heavy atom. The van der Waals surface area contributed by atoms with Gasteiger partial charge in [-0.25, -0.2) is 13.4 Å². The third kappa shape index (κ3) is 5.09. The largest absolute Gasteiger partial charge is 0.390 e. The predicted molar refractivity (Wildman–Crippen MR) is 122 cm³/mol. The summed E-state index contributed by atoms with van der Waals surface area (Å²) in [5.74, 6) is 0.239. The molecule has 0 unspecified atom stereocenters. The van der Waals surface area contributed by atoms with Crippen LogP contribution in [0.25, 0.3) is 11.5 Å². The number of hydrogen-bond donors (Lipinski definition) is 1. The first-order chi connectivity index (χ1) is 17.1. The molecule has 2 aliphatic heterocycles. The van der Waals surface area contributed by atoms with Crippen molar-refractivity contribution in [1.29, 1.82) is 0 Å². The lowest BCUT2D eigenvalue weighted by Gasteiger charge is -2.28. The highest BCUT2D eigenvalue weighted by molar-refractivity contribution is 7.89. The van der Waals surface area contributed by atoms with Gasteiger partial charge in [0.2, 0.25) is 10.0 Å². The second-order valence-corrected chi connectivity index (χ2v) is 10.7. The molecule has 0 fully saturated rings. The standard InChI is InChI=1S/C22H22F3N7O3S/c23-22(24,25)7-10-36(34,35)31-9-6-14-12-26-17(11-15(14)13-31)21(33)28-18-4-1-3-16(27-18)20-30-29-19-5-2-8-32(19)20/h1,3-4,11-12H,2,5-10,13H2,(H,27,28,33). The van der Waals surface area contributed by atoms with E-state index in [1.807, 2.05) is 4.57 Å². The number of sulfonamides is 1. The van der Waals surface area contributed by atoms with Crippen LogP contribution in [0.4, 0.5) is 19.0 Å². The Balaban J connectivity index is 1.30. The maximum absolute atomic E-state index is 12.9. The summed E-state index contributed by atoms with van der Waals surface area (Å²) in [7, 11) is -4.10. The summed E-state index contributed by atoms with van der Waals surface area (Å²) in [6.45, 7) is 0.741. The molecule has 0 aromatic carbocycles. The molecular formula is C22H22F3N7O3S. The number of carbonyl (C=O) groups is 1. The van der Waals surface area contributed by atoms with Gasteiger partial charge in [0.05, 0.1) is 12.2 Å². The predicted octanol–water partition coefficient (Wildman–Crippen LogP) is 2.57. The SMILES string of the molecule is O=C(Nc1cccc(-c2nnc3n2CCC3)n1)c1cc2c(cn1)CCN(S(=O)(=O)CCC(F)(F)F)C2. The van der Waals surface area contributed by atoms with Crippen LogP contribution in [0.5, 0.6) is 0 Å². The van der Waals surface area contributed by atoms with E-state index >= 15 is 0 Å². The summed E-state index contributed by atoms with van der Waals surface area (Å²) in [5.41, 5.74) is 1.87. The molecule has 190 valence electrons. The number of aromatic nitrogens is 5. The summed E-state index contributed by atoms with van der Waals surface area (Å²) in [4.78, 5) is 21.5. The van der Waals surface area contributed by atoms with Gasteiger partial charge < -0.3 is 9.88 Å². The van der Waals surface area contributed by atoms with Crippen molar-refractivity contribution in [3.05, 3.63) is 53.1 Å². The van der Waals surface area contributed by atoms with Crippen LogP contribution < -0.4 is 5.32 Å². The molecule has 10 nitrogen and oxygen atoms in total. The Morgan fingerprint density at radius 3 is 2.75 bits per heavy atom. The molecule has 5 rings (SSSR count). The van der Waals surface area contributed by atoms with E-state index in [0.29, 0.717) is 23.5 Å². The Bertz CT molecular complexity index is 1420. The number of aryl methyl sites for hydroxylation is 1. The number of nitrogens with zero attached hydrogens (tertiary/aromatic N) is 6. The van der Waals surface area contributed by atoms with Gasteiger partial charge in [0, 0.05) is 32.3 Å². The zero-order chi connectivity index (χ0) is 25.5. The first kappa shape index (κ1) is 24.3. The summed E-state index contributed by atoms with van der Waals surface area (Å²) in [5, 5.41) is 11.1. The molecule has 5 heterocycles. The van der Waals surface area contributed by atoms with Crippen LogP contribution >= 0.6 is 0 Å². The quantitative estimate of drug-likeness (QED) is 0.529. The van der Waals surface area contributed by atoms with Gasteiger partial charge in [-0.3, -0.25) is 9.78 Å². The molecule has 3 aromatic rings. The number of alkyl halides is 3. The molecule has 0 saturated carbocycles. The Labute approximate surface area is 204 Å². The highest BCUT2D eigenvalue weighted by atomic mass is 32.2. The smallest absolute Gasteiger partial charge is 0.310 e. The molecule has 0 spiro atoms. The van der Waals surface area contributed by atoms with Crippen LogP contribution in [-0.2, 0) is 36.0 Å². The number of pyridine rings is 2. The molecule has 0 saturated heterocycles. The Kier molecular flexibility index (Phi) is 6.24. The molecule has 0 bridgehead atoms. The molecule has 2 aliphatic rings. The van der Waals surface area contributed by atoms with Crippen molar-refractivity contribution < 1.29 is 26.4 Å². The van der Waals surface area contributed by atoms with Crippen LogP contribution in [0, 0.1) is 0 Å². The van der Waals surface area contributed by atoms with E-state index in [-0.39, 0.29) is 24.6 Å². The fraction of sp³-hybridized carbons (Fsp3) is 0.409. The number of anilines is 1. The minimum Gasteiger partial charge on any atom is -0.310 e. The van der Waals surface area contributed by atoms with Crippen molar-refractivity contribution in [3.8, 4) is 11.5 Å².